The normalized spacial score (nSPS) is 24.5. The lowest BCUT2D eigenvalue weighted by Gasteiger charge is -2.15. The third-order valence-electron chi connectivity index (χ3n) is 3.43. The zero-order valence-corrected chi connectivity index (χ0v) is 10.9. The predicted octanol–water partition coefficient (Wildman–Crippen LogP) is 3.67. The summed E-state index contributed by atoms with van der Waals surface area (Å²) >= 11 is 0. The number of hydrogen-bond acceptors (Lipinski definition) is 3. The number of hydrogen-bond donors (Lipinski definition) is 0. The van der Waals surface area contributed by atoms with Crippen molar-refractivity contribution in [1.29, 1.82) is 0 Å². The van der Waals surface area contributed by atoms with Crippen LogP contribution in [0.2, 0.25) is 0 Å². The Morgan fingerprint density at radius 2 is 2.12 bits per heavy atom. The molecule has 3 heteroatoms. The van der Waals surface area contributed by atoms with Crippen LogP contribution >= 0.6 is 0 Å². The van der Waals surface area contributed by atoms with Crippen LogP contribution in [0.1, 0.15) is 61.6 Å². The molecule has 1 saturated heterocycles. The molecule has 1 aliphatic rings. The van der Waals surface area contributed by atoms with E-state index >= 15 is 0 Å². The van der Waals surface area contributed by atoms with E-state index in [4.69, 9.17) is 9.15 Å². The number of carbonyl (C=O) groups is 1. The van der Waals surface area contributed by atoms with E-state index in [-0.39, 0.29) is 11.9 Å². The summed E-state index contributed by atoms with van der Waals surface area (Å²) in [5, 5.41) is 0. The quantitative estimate of drug-likeness (QED) is 0.752. The van der Waals surface area contributed by atoms with Crippen molar-refractivity contribution in [3.8, 4) is 0 Å². The molecule has 17 heavy (non-hydrogen) atoms. The van der Waals surface area contributed by atoms with Crippen LogP contribution in [0.15, 0.2) is 10.5 Å². The summed E-state index contributed by atoms with van der Waals surface area (Å²) in [7, 11) is 0. The molecule has 2 heterocycles. The van der Waals surface area contributed by atoms with E-state index in [2.05, 4.69) is 13.8 Å². The molecule has 1 aliphatic heterocycles. The maximum atomic E-state index is 11.4. The SMILES string of the molecule is CC(=O)c1cc([C@H]2CC[C@@H](C(C)C)O2)oc1C. The van der Waals surface area contributed by atoms with E-state index in [9.17, 15) is 4.79 Å². The van der Waals surface area contributed by atoms with Crippen LogP contribution in [0.4, 0.5) is 0 Å². The lowest BCUT2D eigenvalue weighted by atomic mass is 10.0. The summed E-state index contributed by atoms with van der Waals surface area (Å²) in [5.41, 5.74) is 0.677. The second kappa shape index (κ2) is 4.65. The topological polar surface area (TPSA) is 39.4 Å². The monoisotopic (exact) mass is 236 g/mol. The fourth-order valence-corrected chi connectivity index (χ4v) is 2.38. The Balaban J connectivity index is 2.14. The Kier molecular flexibility index (Phi) is 3.38. The predicted molar refractivity (Wildman–Crippen MR) is 65.1 cm³/mol. The van der Waals surface area contributed by atoms with Crippen molar-refractivity contribution in [2.75, 3.05) is 0 Å². The molecule has 0 aliphatic carbocycles. The minimum atomic E-state index is 0.0224. The van der Waals surface area contributed by atoms with E-state index in [1.807, 2.05) is 13.0 Å². The van der Waals surface area contributed by atoms with Crippen molar-refractivity contribution in [2.45, 2.75) is 52.7 Å². The molecular formula is C14H20O3. The van der Waals surface area contributed by atoms with Gasteiger partial charge in [0, 0.05) is 0 Å². The summed E-state index contributed by atoms with van der Waals surface area (Å²) in [6.07, 6.45) is 2.38. The molecule has 0 bridgehead atoms. The van der Waals surface area contributed by atoms with Crippen LogP contribution in [0.3, 0.4) is 0 Å². The fraction of sp³-hybridized carbons (Fsp3) is 0.643. The molecule has 94 valence electrons. The van der Waals surface area contributed by atoms with E-state index < -0.39 is 0 Å². The van der Waals surface area contributed by atoms with Gasteiger partial charge in [0.15, 0.2) is 5.78 Å². The first-order valence-electron chi connectivity index (χ1n) is 6.25. The number of Topliss-reactive ketones (excluding diaryl/α,β-unsaturated/α-hetero) is 1. The van der Waals surface area contributed by atoms with Gasteiger partial charge < -0.3 is 9.15 Å². The van der Waals surface area contributed by atoms with Crippen molar-refractivity contribution in [3.63, 3.8) is 0 Å². The highest BCUT2D eigenvalue weighted by atomic mass is 16.5. The van der Waals surface area contributed by atoms with Gasteiger partial charge in [0.2, 0.25) is 0 Å². The molecule has 0 unspecified atom stereocenters. The van der Waals surface area contributed by atoms with Gasteiger partial charge in [0.1, 0.15) is 17.6 Å². The molecule has 3 nitrogen and oxygen atoms in total. The highest BCUT2D eigenvalue weighted by molar-refractivity contribution is 5.95. The molecule has 1 aromatic heterocycles. The second-order valence-corrected chi connectivity index (χ2v) is 5.16. The number of furan rings is 1. The largest absolute Gasteiger partial charge is 0.463 e. The molecule has 1 fully saturated rings. The van der Waals surface area contributed by atoms with Gasteiger partial charge in [0.05, 0.1) is 11.7 Å². The summed E-state index contributed by atoms with van der Waals surface area (Å²) in [6.45, 7) is 7.73. The second-order valence-electron chi connectivity index (χ2n) is 5.16. The molecule has 0 N–H and O–H groups in total. The van der Waals surface area contributed by atoms with Crippen LogP contribution in [0, 0.1) is 12.8 Å². The van der Waals surface area contributed by atoms with Gasteiger partial charge in [-0.1, -0.05) is 13.8 Å². The van der Waals surface area contributed by atoms with Crippen molar-refractivity contribution < 1.29 is 13.9 Å². The van der Waals surface area contributed by atoms with Gasteiger partial charge >= 0.3 is 0 Å². The van der Waals surface area contributed by atoms with E-state index in [1.54, 1.807) is 6.92 Å². The van der Waals surface area contributed by atoms with Gasteiger partial charge in [-0.3, -0.25) is 4.79 Å². The van der Waals surface area contributed by atoms with Crippen molar-refractivity contribution >= 4 is 5.78 Å². The maximum Gasteiger partial charge on any atom is 0.163 e. The van der Waals surface area contributed by atoms with Gasteiger partial charge in [0.25, 0.3) is 0 Å². The number of aryl methyl sites for hydroxylation is 1. The fourth-order valence-electron chi connectivity index (χ4n) is 2.38. The standard InChI is InChI=1S/C14H20O3/c1-8(2)12-5-6-13(17-12)14-7-11(9(3)15)10(4)16-14/h7-8,12-13H,5-6H2,1-4H3/t12-,13+/m0/s1. The van der Waals surface area contributed by atoms with Crippen LogP contribution in [0.5, 0.6) is 0 Å². The Bertz CT molecular complexity index is 417. The van der Waals surface area contributed by atoms with Crippen LogP contribution in [0.25, 0.3) is 0 Å². The Labute approximate surface area is 102 Å². The molecule has 2 rings (SSSR count). The van der Waals surface area contributed by atoms with Crippen LogP contribution in [-0.4, -0.2) is 11.9 Å². The molecular weight excluding hydrogens is 216 g/mol. The van der Waals surface area contributed by atoms with Crippen molar-refractivity contribution in [1.82, 2.24) is 0 Å². The maximum absolute atomic E-state index is 11.4. The van der Waals surface area contributed by atoms with E-state index in [0.29, 0.717) is 23.3 Å². The minimum absolute atomic E-state index is 0.0224. The van der Waals surface area contributed by atoms with Gasteiger partial charge in [-0.05, 0) is 38.7 Å². The molecule has 0 amide bonds. The lowest BCUT2D eigenvalue weighted by molar-refractivity contribution is 0.00832. The lowest BCUT2D eigenvalue weighted by Crippen LogP contribution is -2.13. The van der Waals surface area contributed by atoms with Gasteiger partial charge in [-0.15, -0.1) is 0 Å². The summed E-state index contributed by atoms with van der Waals surface area (Å²) < 4.78 is 11.6. The Hall–Kier alpha value is -1.09. The highest BCUT2D eigenvalue weighted by Gasteiger charge is 2.31. The third kappa shape index (κ3) is 2.44. The first kappa shape index (κ1) is 12.4. The van der Waals surface area contributed by atoms with E-state index in [1.165, 1.54) is 0 Å². The number of ether oxygens (including phenoxy) is 1. The van der Waals surface area contributed by atoms with E-state index in [0.717, 1.165) is 18.6 Å². The zero-order chi connectivity index (χ0) is 12.6. The summed E-state index contributed by atoms with van der Waals surface area (Å²) in [4.78, 5) is 11.4. The molecule has 0 spiro atoms. The molecule has 1 aromatic rings. The van der Waals surface area contributed by atoms with Crippen molar-refractivity contribution in [3.05, 3.63) is 23.2 Å². The zero-order valence-electron chi connectivity index (χ0n) is 10.9. The molecule has 0 aromatic carbocycles. The number of rotatable bonds is 3. The third-order valence-corrected chi connectivity index (χ3v) is 3.43. The van der Waals surface area contributed by atoms with Gasteiger partial charge in [-0.25, -0.2) is 0 Å². The average molecular weight is 236 g/mol. The minimum Gasteiger partial charge on any atom is -0.463 e. The highest BCUT2D eigenvalue weighted by Crippen LogP contribution is 2.37. The average Bonchev–Trinajstić information content (AvgIpc) is 2.82. The van der Waals surface area contributed by atoms with Crippen molar-refractivity contribution in [2.24, 2.45) is 5.92 Å². The summed E-state index contributed by atoms with van der Waals surface area (Å²) in [5.74, 6) is 2.08. The van der Waals surface area contributed by atoms with Gasteiger partial charge in [-0.2, -0.15) is 0 Å². The molecule has 0 saturated carbocycles. The first-order chi connectivity index (χ1) is 7.99. The summed E-state index contributed by atoms with van der Waals surface area (Å²) in [6, 6.07) is 1.84. The first-order valence-corrected chi connectivity index (χ1v) is 6.25. The number of carbonyl (C=O) groups excluding carboxylic acids is 1. The number of ketones is 1. The Morgan fingerprint density at radius 3 is 2.59 bits per heavy atom. The molecule has 2 atom stereocenters. The molecule has 0 radical (unpaired) electrons. The van der Waals surface area contributed by atoms with Crippen LogP contribution in [-0.2, 0) is 4.74 Å². The smallest absolute Gasteiger partial charge is 0.163 e. The van der Waals surface area contributed by atoms with Crippen LogP contribution < -0.4 is 0 Å². The Morgan fingerprint density at radius 1 is 1.41 bits per heavy atom.